The van der Waals surface area contributed by atoms with Crippen molar-refractivity contribution in [2.75, 3.05) is 19.0 Å². The van der Waals surface area contributed by atoms with E-state index in [1.54, 1.807) is 16.6 Å². The average Bonchev–Trinajstić information content (AvgIpc) is 2.63. The van der Waals surface area contributed by atoms with E-state index in [0.29, 0.717) is 11.1 Å². The Kier molecular flexibility index (Phi) is 2.33. The number of hydrogen-bond donors (Lipinski definition) is 2. The lowest BCUT2D eigenvalue weighted by atomic mass is 9.81. The molecule has 2 rings (SSSR count). The third kappa shape index (κ3) is 1.55. The Balaban J connectivity index is 2.71. The van der Waals surface area contributed by atoms with Gasteiger partial charge in [-0.1, -0.05) is 6.07 Å². The number of fused-ring (bicyclic) bond motifs is 1. The van der Waals surface area contributed by atoms with Crippen molar-refractivity contribution in [3.05, 3.63) is 18.5 Å². The summed E-state index contributed by atoms with van der Waals surface area (Å²) in [4.78, 5) is 5.86. The van der Waals surface area contributed by atoms with E-state index >= 15 is 0 Å². The van der Waals surface area contributed by atoms with E-state index in [4.69, 9.17) is 10.0 Å². The van der Waals surface area contributed by atoms with E-state index in [1.165, 1.54) is 6.33 Å². The molecule has 0 unspecified atom stereocenters. The van der Waals surface area contributed by atoms with E-state index in [0.717, 1.165) is 5.82 Å². The van der Waals surface area contributed by atoms with Gasteiger partial charge in [-0.3, -0.25) is 0 Å². The average molecular weight is 206 g/mol. The van der Waals surface area contributed by atoms with Crippen LogP contribution in [0.3, 0.4) is 0 Å². The topological polar surface area (TPSA) is 73.9 Å². The highest BCUT2D eigenvalue weighted by molar-refractivity contribution is 6.60. The van der Waals surface area contributed by atoms with Crippen molar-refractivity contribution in [2.45, 2.75) is 0 Å². The van der Waals surface area contributed by atoms with Crippen LogP contribution in [-0.4, -0.2) is 45.9 Å². The molecule has 0 spiro atoms. The first-order valence-electron chi connectivity index (χ1n) is 4.47. The molecule has 0 atom stereocenters. The number of rotatable bonds is 2. The normalized spacial score (nSPS) is 10.7. The van der Waals surface area contributed by atoms with Crippen LogP contribution in [0.4, 0.5) is 5.82 Å². The largest absolute Gasteiger partial charge is 0.492 e. The molecule has 2 heterocycles. The third-order valence-electron chi connectivity index (χ3n) is 2.17. The molecule has 0 aliphatic carbocycles. The molecule has 0 bridgehead atoms. The number of anilines is 1. The first-order chi connectivity index (χ1) is 7.11. The summed E-state index contributed by atoms with van der Waals surface area (Å²) in [6.07, 6.45) is 1.38. The van der Waals surface area contributed by atoms with E-state index in [-0.39, 0.29) is 0 Å². The minimum atomic E-state index is -1.53. The molecule has 2 aromatic heterocycles. The zero-order chi connectivity index (χ0) is 11.0. The van der Waals surface area contributed by atoms with Gasteiger partial charge in [0.25, 0.3) is 0 Å². The van der Waals surface area contributed by atoms with Gasteiger partial charge in [0, 0.05) is 19.6 Å². The molecular weight excluding hydrogens is 195 g/mol. The van der Waals surface area contributed by atoms with Gasteiger partial charge in [-0.05, 0) is 6.07 Å². The second-order valence-electron chi connectivity index (χ2n) is 3.41. The molecule has 78 valence electrons. The summed E-state index contributed by atoms with van der Waals surface area (Å²) in [7, 11) is 2.23. The summed E-state index contributed by atoms with van der Waals surface area (Å²) in [5, 5.41) is 22.3. The van der Waals surface area contributed by atoms with Gasteiger partial charge < -0.3 is 14.9 Å². The van der Waals surface area contributed by atoms with Crippen LogP contribution in [0, 0.1) is 0 Å². The quantitative estimate of drug-likeness (QED) is 0.583. The molecule has 6 nitrogen and oxygen atoms in total. The molecule has 0 aliphatic rings. The van der Waals surface area contributed by atoms with Gasteiger partial charge in [0.05, 0.1) is 0 Å². The molecule has 0 saturated heterocycles. The summed E-state index contributed by atoms with van der Waals surface area (Å²) in [6.45, 7) is 0. The minimum absolute atomic E-state index is 0.345. The first-order valence-corrected chi connectivity index (χ1v) is 4.47. The fourth-order valence-corrected chi connectivity index (χ4v) is 1.46. The highest BCUT2D eigenvalue weighted by atomic mass is 16.4. The van der Waals surface area contributed by atoms with Gasteiger partial charge in [0.1, 0.15) is 12.1 Å². The Hall–Kier alpha value is -1.60. The molecule has 0 saturated carbocycles. The van der Waals surface area contributed by atoms with E-state index < -0.39 is 7.12 Å². The van der Waals surface area contributed by atoms with Crippen molar-refractivity contribution in [3.63, 3.8) is 0 Å². The maximum Gasteiger partial charge on any atom is 0.492 e. The van der Waals surface area contributed by atoms with Gasteiger partial charge in [-0.2, -0.15) is 9.61 Å². The van der Waals surface area contributed by atoms with Crippen molar-refractivity contribution in [3.8, 4) is 0 Å². The van der Waals surface area contributed by atoms with Crippen molar-refractivity contribution < 1.29 is 10.0 Å². The lowest BCUT2D eigenvalue weighted by Crippen LogP contribution is -2.32. The Morgan fingerprint density at radius 1 is 1.33 bits per heavy atom. The molecule has 0 fully saturated rings. The predicted octanol–water partition coefficient (Wildman–Crippen LogP) is -1.52. The number of pyridine rings is 1. The highest BCUT2D eigenvalue weighted by Crippen LogP contribution is 2.10. The van der Waals surface area contributed by atoms with Crippen molar-refractivity contribution in [1.82, 2.24) is 14.6 Å². The molecular formula is C8H11BN4O2. The lowest BCUT2D eigenvalue weighted by Gasteiger charge is -2.14. The summed E-state index contributed by atoms with van der Waals surface area (Å²) in [5.41, 5.74) is 0.800. The zero-order valence-electron chi connectivity index (χ0n) is 8.49. The van der Waals surface area contributed by atoms with Gasteiger partial charge in [-0.15, -0.1) is 0 Å². The molecule has 15 heavy (non-hydrogen) atoms. The van der Waals surface area contributed by atoms with Crippen molar-refractivity contribution in [2.24, 2.45) is 0 Å². The second kappa shape index (κ2) is 3.52. The molecule has 2 N–H and O–H groups in total. The molecule has 0 radical (unpaired) electrons. The molecule has 0 aromatic carbocycles. The summed E-state index contributed by atoms with van der Waals surface area (Å²) >= 11 is 0. The number of hydrogen-bond acceptors (Lipinski definition) is 5. The number of aromatic nitrogens is 3. The van der Waals surface area contributed by atoms with Crippen molar-refractivity contribution in [1.29, 1.82) is 0 Å². The zero-order valence-corrected chi connectivity index (χ0v) is 8.49. The van der Waals surface area contributed by atoms with Crippen LogP contribution < -0.4 is 10.4 Å². The van der Waals surface area contributed by atoms with E-state index in [9.17, 15) is 0 Å². The maximum atomic E-state index is 9.13. The fraction of sp³-hybridized carbons (Fsp3) is 0.250. The van der Waals surface area contributed by atoms with Crippen molar-refractivity contribution >= 4 is 24.0 Å². The van der Waals surface area contributed by atoms with Crippen LogP contribution in [0.1, 0.15) is 0 Å². The van der Waals surface area contributed by atoms with Crippen LogP contribution in [-0.2, 0) is 0 Å². The van der Waals surface area contributed by atoms with Crippen LogP contribution >= 0.6 is 0 Å². The Morgan fingerprint density at radius 2 is 2.07 bits per heavy atom. The van der Waals surface area contributed by atoms with Gasteiger partial charge in [0.2, 0.25) is 0 Å². The third-order valence-corrected chi connectivity index (χ3v) is 2.17. The Bertz CT molecular complexity index is 440. The molecule has 0 aliphatic heterocycles. The van der Waals surface area contributed by atoms with Gasteiger partial charge in [0.15, 0.2) is 5.65 Å². The standard InChI is InChI=1S/C8H11BN4O2/c1-12(2)7-4-3-6(9(14)15)8-10-5-11-13(7)8/h3-5,14-15H,1-2H3. The second-order valence-corrected chi connectivity index (χ2v) is 3.41. The van der Waals surface area contributed by atoms with Crippen LogP contribution in [0.15, 0.2) is 18.5 Å². The first kappa shape index (κ1) is 9.94. The molecule has 2 aromatic rings. The smallest absolute Gasteiger partial charge is 0.423 e. The van der Waals surface area contributed by atoms with E-state index in [2.05, 4.69) is 10.1 Å². The van der Waals surface area contributed by atoms with E-state index in [1.807, 2.05) is 19.0 Å². The number of nitrogens with zero attached hydrogens (tertiary/aromatic N) is 4. The maximum absolute atomic E-state index is 9.13. The SMILES string of the molecule is CN(C)c1ccc(B(O)O)c2ncnn12. The summed E-state index contributed by atoms with van der Waals surface area (Å²) in [6, 6.07) is 3.39. The Morgan fingerprint density at radius 3 is 2.67 bits per heavy atom. The predicted molar refractivity (Wildman–Crippen MR) is 57.1 cm³/mol. The summed E-state index contributed by atoms with van der Waals surface area (Å²) in [5.74, 6) is 0.826. The lowest BCUT2D eigenvalue weighted by molar-refractivity contribution is 0.426. The fourth-order valence-electron chi connectivity index (χ4n) is 1.46. The Labute approximate surface area is 86.9 Å². The molecule has 0 amide bonds. The van der Waals surface area contributed by atoms with Crippen LogP contribution in [0.2, 0.25) is 0 Å². The molecule has 7 heteroatoms. The van der Waals surface area contributed by atoms with Gasteiger partial charge >= 0.3 is 7.12 Å². The van der Waals surface area contributed by atoms with Crippen LogP contribution in [0.5, 0.6) is 0 Å². The monoisotopic (exact) mass is 206 g/mol. The highest BCUT2D eigenvalue weighted by Gasteiger charge is 2.18. The van der Waals surface area contributed by atoms with Crippen LogP contribution in [0.25, 0.3) is 5.65 Å². The van der Waals surface area contributed by atoms with Gasteiger partial charge in [-0.25, -0.2) is 4.98 Å². The summed E-state index contributed by atoms with van der Waals surface area (Å²) < 4.78 is 1.56. The minimum Gasteiger partial charge on any atom is -0.423 e.